The van der Waals surface area contributed by atoms with Gasteiger partial charge in [0.2, 0.25) is 10.0 Å². The summed E-state index contributed by atoms with van der Waals surface area (Å²) in [4.78, 5) is 6.93. The van der Waals surface area contributed by atoms with Gasteiger partial charge in [-0.05, 0) is 35.9 Å². The van der Waals surface area contributed by atoms with E-state index in [-0.39, 0.29) is 9.92 Å². The molecule has 0 saturated carbocycles. The second-order valence-corrected chi connectivity index (χ2v) is 11.4. The number of rotatable bonds is 5. The minimum Gasteiger partial charge on any atom is -0.345 e. The summed E-state index contributed by atoms with van der Waals surface area (Å²) in [5.41, 5.74) is 2.20. The third-order valence-corrected chi connectivity index (χ3v) is 8.89. The van der Waals surface area contributed by atoms with Crippen LogP contribution >= 0.6 is 50.5 Å². The van der Waals surface area contributed by atoms with Crippen molar-refractivity contribution in [2.75, 3.05) is 31.1 Å². The lowest BCUT2D eigenvalue weighted by atomic mass is 10.1. The van der Waals surface area contributed by atoms with Gasteiger partial charge >= 0.3 is 0 Å². The number of nitrogens with zero attached hydrogens (tertiary/aromatic N) is 3. The Kier molecular flexibility index (Phi) is 6.72. The lowest BCUT2D eigenvalue weighted by Crippen LogP contribution is -2.48. The largest absolute Gasteiger partial charge is 0.345 e. The van der Waals surface area contributed by atoms with Crippen LogP contribution in [-0.4, -0.2) is 43.9 Å². The summed E-state index contributed by atoms with van der Waals surface area (Å²) < 4.78 is 28.5. The summed E-state index contributed by atoms with van der Waals surface area (Å²) in [5.74, 6) is 0. The second-order valence-electron chi connectivity index (χ2n) is 6.89. The summed E-state index contributed by atoms with van der Waals surface area (Å²) in [6.45, 7) is 1.87. The Morgan fingerprint density at radius 1 is 1.07 bits per heavy atom. The molecule has 1 fully saturated rings. The van der Waals surface area contributed by atoms with Crippen molar-refractivity contribution in [2.45, 2.75) is 11.3 Å². The molecular formula is C20H18BrCl2N3O2S2. The van der Waals surface area contributed by atoms with Crippen LogP contribution in [0, 0.1) is 0 Å². The molecule has 0 spiro atoms. The highest BCUT2D eigenvalue weighted by atomic mass is 79.9. The minimum absolute atomic E-state index is 0.0515. The number of hydrogen-bond acceptors (Lipinski definition) is 5. The number of thiazole rings is 1. The van der Waals surface area contributed by atoms with Crippen LogP contribution in [0.2, 0.25) is 10.0 Å². The molecule has 1 aliphatic rings. The molecule has 0 unspecified atom stereocenters. The zero-order valence-electron chi connectivity index (χ0n) is 15.8. The number of sulfonamides is 1. The summed E-state index contributed by atoms with van der Waals surface area (Å²) in [7, 11) is -3.69. The van der Waals surface area contributed by atoms with Gasteiger partial charge in [-0.3, -0.25) is 0 Å². The first-order valence-electron chi connectivity index (χ1n) is 9.22. The van der Waals surface area contributed by atoms with E-state index in [2.05, 4.69) is 38.3 Å². The third-order valence-electron chi connectivity index (χ3n) is 4.83. The van der Waals surface area contributed by atoms with Gasteiger partial charge in [-0.1, -0.05) is 51.3 Å². The zero-order valence-corrected chi connectivity index (χ0v) is 20.5. The van der Waals surface area contributed by atoms with Crippen molar-refractivity contribution >= 4 is 65.6 Å². The van der Waals surface area contributed by atoms with Gasteiger partial charge in [0, 0.05) is 47.5 Å². The number of piperazine rings is 1. The molecule has 4 rings (SSSR count). The molecule has 0 N–H and O–H groups in total. The Morgan fingerprint density at radius 3 is 2.57 bits per heavy atom. The zero-order chi connectivity index (χ0) is 21.3. The van der Waals surface area contributed by atoms with Gasteiger partial charge < -0.3 is 4.90 Å². The molecule has 1 aromatic heterocycles. The van der Waals surface area contributed by atoms with Crippen molar-refractivity contribution in [1.29, 1.82) is 0 Å². The normalized spacial score (nSPS) is 15.5. The van der Waals surface area contributed by atoms with E-state index in [9.17, 15) is 8.42 Å². The molecule has 0 aliphatic carbocycles. The Hall–Kier alpha value is -1.16. The van der Waals surface area contributed by atoms with E-state index >= 15 is 0 Å². The third kappa shape index (κ3) is 4.84. The van der Waals surface area contributed by atoms with Gasteiger partial charge in [-0.25, -0.2) is 13.4 Å². The smallest absolute Gasteiger partial charge is 0.244 e. The van der Waals surface area contributed by atoms with Crippen LogP contribution in [0.3, 0.4) is 0 Å². The van der Waals surface area contributed by atoms with Gasteiger partial charge in [0.05, 0.1) is 10.7 Å². The molecule has 3 aromatic rings. The maximum atomic E-state index is 13.0. The molecule has 0 radical (unpaired) electrons. The van der Waals surface area contributed by atoms with Gasteiger partial charge in [-0.15, -0.1) is 11.3 Å². The summed E-state index contributed by atoms with van der Waals surface area (Å²) >= 11 is 17.2. The van der Waals surface area contributed by atoms with Gasteiger partial charge in [0.1, 0.15) is 4.90 Å². The molecule has 2 heterocycles. The summed E-state index contributed by atoms with van der Waals surface area (Å²) in [6, 6.07) is 12.7. The monoisotopic (exact) mass is 545 g/mol. The fraction of sp³-hybridized carbons (Fsp3) is 0.250. The lowest BCUT2D eigenvalue weighted by Gasteiger charge is -2.34. The summed E-state index contributed by atoms with van der Waals surface area (Å²) in [5, 5.41) is 3.50. The van der Waals surface area contributed by atoms with Crippen molar-refractivity contribution in [3.05, 3.63) is 73.6 Å². The van der Waals surface area contributed by atoms with Crippen LogP contribution in [0.4, 0.5) is 5.13 Å². The van der Waals surface area contributed by atoms with Gasteiger partial charge in [0.25, 0.3) is 0 Å². The van der Waals surface area contributed by atoms with Crippen LogP contribution in [-0.2, 0) is 16.4 Å². The van der Waals surface area contributed by atoms with Crippen LogP contribution in [0.1, 0.15) is 11.3 Å². The number of halogens is 3. The van der Waals surface area contributed by atoms with E-state index in [1.54, 1.807) is 17.4 Å². The van der Waals surface area contributed by atoms with Crippen molar-refractivity contribution in [3.8, 4) is 0 Å². The van der Waals surface area contributed by atoms with Gasteiger partial charge in [0.15, 0.2) is 5.13 Å². The first kappa shape index (κ1) is 22.0. The highest BCUT2D eigenvalue weighted by Gasteiger charge is 2.31. The Labute approximate surface area is 198 Å². The SMILES string of the molecule is O=S(=O)(c1cc(Cl)ccc1Cl)N1CCN(c2nc(Cc3cccc(Br)c3)cs2)CC1. The Morgan fingerprint density at radius 2 is 1.83 bits per heavy atom. The first-order chi connectivity index (χ1) is 14.3. The summed E-state index contributed by atoms with van der Waals surface area (Å²) in [6.07, 6.45) is 0.761. The van der Waals surface area contributed by atoms with Crippen molar-refractivity contribution in [1.82, 2.24) is 9.29 Å². The molecule has 2 aromatic carbocycles. The van der Waals surface area contributed by atoms with Crippen molar-refractivity contribution in [2.24, 2.45) is 0 Å². The highest BCUT2D eigenvalue weighted by Crippen LogP contribution is 2.30. The number of aromatic nitrogens is 1. The highest BCUT2D eigenvalue weighted by molar-refractivity contribution is 9.10. The van der Waals surface area contributed by atoms with Crippen LogP contribution in [0.15, 0.2) is 57.2 Å². The van der Waals surface area contributed by atoms with Crippen LogP contribution < -0.4 is 4.90 Å². The first-order valence-corrected chi connectivity index (χ1v) is 13.1. The van der Waals surface area contributed by atoms with E-state index in [1.807, 2.05) is 12.1 Å². The van der Waals surface area contributed by atoms with E-state index in [1.165, 1.54) is 22.0 Å². The lowest BCUT2D eigenvalue weighted by molar-refractivity contribution is 0.384. The molecule has 10 heteroatoms. The van der Waals surface area contributed by atoms with Crippen LogP contribution in [0.5, 0.6) is 0 Å². The standard InChI is InChI=1S/C20H18BrCl2N3O2S2/c21-15-3-1-2-14(10-15)11-17-13-29-20(24-17)25-6-8-26(9-7-25)30(27,28)19-12-16(22)4-5-18(19)23/h1-5,10,12-13H,6-9,11H2. The van der Waals surface area contributed by atoms with Crippen molar-refractivity contribution in [3.63, 3.8) is 0 Å². The van der Waals surface area contributed by atoms with E-state index in [4.69, 9.17) is 28.2 Å². The Balaban J connectivity index is 1.42. The quantitative estimate of drug-likeness (QED) is 0.435. The maximum Gasteiger partial charge on any atom is 0.244 e. The second kappa shape index (κ2) is 9.14. The van der Waals surface area contributed by atoms with E-state index in [0.29, 0.717) is 31.2 Å². The molecule has 158 valence electrons. The molecule has 1 aliphatic heterocycles. The van der Waals surface area contributed by atoms with Gasteiger partial charge in [-0.2, -0.15) is 4.31 Å². The van der Waals surface area contributed by atoms with Crippen molar-refractivity contribution < 1.29 is 8.42 Å². The fourth-order valence-electron chi connectivity index (χ4n) is 3.31. The average Bonchev–Trinajstić information content (AvgIpc) is 3.18. The number of hydrogen-bond donors (Lipinski definition) is 0. The predicted octanol–water partition coefficient (Wildman–Crippen LogP) is 5.31. The molecular weight excluding hydrogens is 529 g/mol. The molecule has 0 atom stereocenters. The molecule has 0 bridgehead atoms. The van der Waals surface area contributed by atoms with Crippen LogP contribution in [0.25, 0.3) is 0 Å². The van der Waals surface area contributed by atoms with E-state index in [0.717, 1.165) is 21.7 Å². The molecule has 30 heavy (non-hydrogen) atoms. The Bertz CT molecular complexity index is 1160. The minimum atomic E-state index is -3.69. The fourth-order valence-corrected chi connectivity index (χ4v) is 6.80. The van der Waals surface area contributed by atoms with E-state index < -0.39 is 10.0 Å². The molecule has 0 amide bonds. The predicted molar refractivity (Wildman–Crippen MR) is 126 cm³/mol. The maximum absolute atomic E-state index is 13.0. The number of benzene rings is 2. The molecule has 1 saturated heterocycles. The average molecular weight is 547 g/mol. The molecule has 5 nitrogen and oxygen atoms in total. The topological polar surface area (TPSA) is 53.5 Å². The number of anilines is 1.